The maximum atomic E-state index is 12.7. The Balaban J connectivity index is 1.79. The van der Waals surface area contributed by atoms with Crippen molar-refractivity contribution >= 4 is 11.0 Å². The van der Waals surface area contributed by atoms with Crippen LogP contribution < -0.4 is 10.3 Å². The predicted octanol–water partition coefficient (Wildman–Crippen LogP) is 3.33. The molecule has 6 heteroatoms. The first kappa shape index (κ1) is 19.4. The molecule has 0 saturated carbocycles. The molecule has 30 heavy (non-hydrogen) atoms. The number of benzene rings is 1. The Morgan fingerprint density at radius 3 is 2.70 bits per heavy atom. The van der Waals surface area contributed by atoms with Gasteiger partial charge < -0.3 is 9.64 Å². The SMILES string of the molecule is CCn1[nH]c(=O)c2c(OC)c3c(nc21)C(C1CCN(C)CC1)c1ccccc1CC3. The van der Waals surface area contributed by atoms with Crippen LogP contribution in [0.5, 0.6) is 5.75 Å². The number of aromatic amines is 1. The molecule has 6 nitrogen and oxygen atoms in total. The van der Waals surface area contributed by atoms with E-state index in [1.807, 2.05) is 11.6 Å². The van der Waals surface area contributed by atoms with Crippen LogP contribution in [0.15, 0.2) is 29.1 Å². The minimum atomic E-state index is -0.114. The standard InChI is InChI=1S/C24H30N4O2/c1-4-28-23-20(24(29)26-28)22(30-3)18-10-9-15-7-5-6-8-17(15)19(21(18)25-23)16-11-13-27(2)14-12-16/h5-8,16,19H,4,9-14H2,1-3H3,(H,26,29). The zero-order valence-corrected chi connectivity index (χ0v) is 18.1. The van der Waals surface area contributed by atoms with Gasteiger partial charge >= 0.3 is 0 Å². The number of H-pyrrole nitrogens is 1. The Bertz CT molecular complexity index is 1140. The molecule has 158 valence electrons. The molecule has 1 N–H and O–H groups in total. The predicted molar refractivity (Wildman–Crippen MR) is 118 cm³/mol. The van der Waals surface area contributed by atoms with Gasteiger partial charge in [0.15, 0.2) is 5.65 Å². The lowest BCUT2D eigenvalue weighted by molar-refractivity contribution is 0.206. The monoisotopic (exact) mass is 406 g/mol. The molecule has 0 radical (unpaired) electrons. The van der Waals surface area contributed by atoms with Crippen molar-refractivity contribution in [2.75, 3.05) is 27.2 Å². The van der Waals surface area contributed by atoms with Gasteiger partial charge in [-0.3, -0.25) is 14.6 Å². The third-order valence-corrected chi connectivity index (χ3v) is 7.06. The summed E-state index contributed by atoms with van der Waals surface area (Å²) in [6.45, 7) is 4.92. The van der Waals surface area contributed by atoms with Gasteiger partial charge in [0.1, 0.15) is 11.1 Å². The maximum absolute atomic E-state index is 12.7. The molecular formula is C24H30N4O2. The van der Waals surface area contributed by atoms with E-state index in [-0.39, 0.29) is 11.5 Å². The molecule has 0 bridgehead atoms. The Hall–Kier alpha value is -2.60. The lowest BCUT2D eigenvalue weighted by atomic mass is 9.76. The second kappa shape index (κ2) is 7.58. The number of methoxy groups -OCH3 is 1. The molecule has 1 aromatic carbocycles. The molecule has 1 fully saturated rings. The molecule has 0 amide bonds. The van der Waals surface area contributed by atoms with Gasteiger partial charge in [-0.1, -0.05) is 24.3 Å². The number of nitrogens with one attached hydrogen (secondary N) is 1. The van der Waals surface area contributed by atoms with Crippen LogP contribution in [-0.4, -0.2) is 46.9 Å². The molecule has 1 unspecified atom stereocenters. The topological polar surface area (TPSA) is 63.1 Å². The summed E-state index contributed by atoms with van der Waals surface area (Å²) >= 11 is 0. The van der Waals surface area contributed by atoms with Crippen molar-refractivity contribution in [3.05, 3.63) is 57.0 Å². The summed E-state index contributed by atoms with van der Waals surface area (Å²) in [6.07, 6.45) is 4.11. The summed E-state index contributed by atoms with van der Waals surface area (Å²) in [7, 11) is 3.89. The summed E-state index contributed by atoms with van der Waals surface area (Å²) in [6, 6.07) is 8.83. The first-order valence-corrected chi connectivity index (χ1v) is 11.1. The third kappa shape index (κ3) is 2.97. The Kier molecular flexibility index (Phi) is 4.89. The van der Waals surface area contributed by atoms with Crippen LogP contribution in [0.4, 0.5) is 0 Å². The van der Waals surface area contributed by atoms with Crippen molar-refractivity contribution in [3.63, 3.8) is 0 Å². The minimum Gasteiger partial charge on any atom is -0.495 e. The number of rotatable bonds is 3. The Labute approximate surface area is 176 Å². The third-order valence-electron chi connectivity index (χ3n) is 7.06. The summed E-state index contributed by atoms with van der Waals surface area (Å²) in [5, 5.41) is 3.54. The number of aromatic nitrogens is 3. The molecule has 1 saturated heterocycles. The number of hydrogen-bond donors (Lipinski definition) is 1. The van der Waals surface area contributed by atoms with E-state index >= 15 is 0 Å². The quantitative estimate of drug-likeness (QED) is 0.725. The smallest absolute Gasteiger partial charge is 0.277 e. The van der Waals surface area contributed by atoms with Crippen molar-refractivity contribution in [1.82, 2.24) is 19.7 Å². The van der Waals surface area contributed by atoms with E-state index in [2.05, 4.69) is 41.3 Å². The van der Waals surface area contributed by atoms with E-state index in [1.54, 1.807) is 7.11 Å². The summed E-state index contributed by atoms with van der Waals surface area (Å²) in [5.74, 6) is 1.49. The fraction of sp³-hybridized carbons (Fsp3) is 0.500. The number of ether oxygens (including phenoxy) is 1. The van der Waals surface area contributed by atoms with Gasteiger partial charge in [0.2, 0.25) is 0 Å². The highest BCUT2D eigenvalue weighted by atomic mass is 16.5. The number of pyridine rings is 1. The van der Waals surface area contributed by atoms with Crippen molar-refractivity contribution < 1.29 is 4.74 Å². The van der Waals surface area contributed by atoms with Crippen LogP contribution >= 0.6 is 0 Å². The van der Waals surface area contributed by atoms with E-state index in [9.17, 15) is 4.79 Å². The fourth-order valence-corrected chi connectivity index (χ4v) is 5.50. The summed E-state index contributed by atoms with van der Waals surface area (Å²) < 4.78 is 7.74. The van der Waals surface area contributed by atoms with Gasteiger partial charge in [-0.15, -0.1) is 0 Å². The summed E-state index contributed by atoms with van der Waals surface area (Å²) in [5.41, 5.74) is 5.63. The molecule has 2 aromatic heterocycles. The van der Waals surface area contributed by atoms with Gasteiger partial charge in [0.05, 0.1) is 12.8 Å². The zero-order chi connectivity index (χ0) is 20.8. The largest absolute Gasteiger partial charge is 0.495 e. The lowest BCUT2D eigenvalue weighted by Gasteiger charge is -2.35. The van der Waals surface area contributed by atoms with E-state index in [4.69, 9.17) is 9.72 Å². The highest BCUT2D eigenvalue weighted by Crippen LogP contribution is 2.45. The Morgan fingerprint density at radius 2 is 1.97 bits per heavy atom. The normalized spacial score (nSPS) is 20.0. The van der Waals surface area contributed by atoms with Crippen molar-refractivity contribution in [3.8, 4) is 5.75 Å². The highest BCUT2D eigenvalue weighted by molar-refractivity contribution is 5.84. The molecule has 2 aliphatic rings. The molecule has 3 heterocycles. The number of hydrogen-bond acceptors (Lipinski definition) is 4. The molecule has 0 spiro atoms. The van der Waals surface area contributed by atoms with Crippen LogP contribution in [0, 0.1) is 5.92 Å². The molecular weight excluding hydrogens is 376 g/mol. The maximum Gasteiger partial charge on any atom is 0.277 e. The molecule has 1 aliphatic carbocycles. The Morgan fingerprint density at radius 1 is 1.20 bits per heavy atom. The van der Waals surface area contributed by atoms with Gasteiger partial charge in [-0.25, -0.2) is 4.98 Å². The zero-order valence-electron chi connectivity index (χ0n) is 18.1. The minimum absolute atomic E-state index is 0.114. The first-order chi connectivity index (χ1) is 14.6. The second-order valence-corrected chi connectivity index (χ2v) is 8.71. The molecule has 1 aliphatic heterocycles. The van der Waals surface area contributed by atoms with Crippen molar-refractivity contribution in [2.24, 2.45) is 5.92 Å². The number of nitrogens with zero attached hydrogens (tertiary/aromatic N) is 3. The van der Waals surface area contributed by atoms with Gasteiger partial charge in [0, 0.05) is 18.0 Å². The van der Waals surface area contributed by atoms with E-state index in [1.165, 1.54) is 11.1 Å². The first-order valence-electron chi connectivity index (χ1n) is 11.1. The second-order valence-electron chi connectivity index (χ2n) is 8.71. The van der Waals surface area contributed by atoms with Crippen LogP contribution in [0.25, 0.3) is 11.0 Å². The fourth-order valence-electron chi connectivity index (χ4n) is 5.50. The van der Waals surface area contributed by atoms with Gasteiger partial charge in [-0.2, -0.15) is 0 Å². The van der Waals surface area contributed by atoms with Crippen molar-refractivity contribution in [2.45, 2.75) is 45.1 Å². The molecule has 1 atom stereocenters. The lowest BCUT2D eigenvalue weighted by Crippen LogP contribution is -2.33. The number of aryl methyl sites for hydroxylation is 2. The number of fused-ring (bicyclic) bond motifs is 3. The number of piperidine rings is 1. The molecule has 5 rings (SSSR count). The van der Waals surface area contributed by atoms with E-state index < -0.39 is 0 Å². The number of likely N-dealkylation sites (tertiary alicyclic amines) is 1. The molecule has 3 aromatic rings. The van der Waals surface area contributed by atoms with Gasteiger partial charge in [0.25, 0.3) is 5.56 Å². The van der Waals surface area contributed by atoms with Crippen LogP contribution in [0.1, 0.15) is 48.1 Å². The van der Waals surface area contributed by atoms with Crippen LogP contribution in [0.2, 0.25) is 0 Å². The van der Waals surface area contributed by atoms with Gasteiger partial charge in [-0.05, 0) is 69.8 Å². The van der Waals surface area contributed by atoms with E-state index in [0.29, 0.717) is 23.6 Å². The van der Waals surface area contributed by atoms with E-state index in [0.717, 1.165) is 55.7 Å². The average molecular weight is 407 g/mol. The van der Waals surface area contributed by atoms with Crippen LogP contribution in [0.3, 0.4) is 0 Å². The highest BCUT2D eigenvalue weighted by Gasteiger charge is 2.36. The summed E-state index contributed by atoms with van der Waals surface area (Å²) in [4.78, 5) is 20.3. The van der Waals surface area contributed by atoms with Crippen molar-refractivity contribution in [1.29, 1.82) is 0 Å². The average Bonchev–Trinajstić information content (AvgIpc) is 2.99. The van der Waals surface area contributed by atoms with Crippen LogP contribution in [-0.2, 0) is 19.4 Å².